The molecule has 0 aliphatic carbocycles. The largest absolute Gasteiger partial charge is 0.345 e. The monoisotopic (exact) mass is 372 g/mol. The Morgan fingerprint density at radius 2 is 1.87 bits per heavy atom. The van der Waals surface area contributed by atoms with Crippen molar-refractivity contribution in [1.29, 1.82) is 0 Å². The van der Waals surface area contributed by atoms with E-state index in [1.54, 1.807) is 30.6 Å². The summed E-state index contributed by atoms with van der Waals surface area (Å²) >= 11 is 3.36. The molecule has 23 heavy (non-hydrogen) atoms. The van der Waals surface area contributed by atoms with E-state index in [0.717, 1.165) is 21.1 Å². The molecule has 0 aliphatic rings. The van der Waals surface area contributed by atoms with Gasteiger partial charge < -0.3 is 15.6 Å². The lowest BCUT2D eigenvalue weighted by Gasteiger charge is -2.08. The molecule has 2 amide bonds. The molecular weight excluding hydrogens is 360 g/mol. The van der Waals surface area contributed by atoms with Crippen LogP contribution in [-0.4, -0.2) is 21.8 Å². The molecule has 7 heteroatoms. The second-order valence-electron chi connectivity index (χ2n) is 5.03. The normalized spacial score (nSPS) is 10.5. The first kappa shape index (κ1) is 15.2. The average molecular weight is 373 g/mol. The SMILES string of the molecule is Cc1ccc(NC(=O)C(=O)Nc2ccc3nc[nH]c3c2)c(Br)c1. The molecular formula is C16H13BrN4O2. The van der Waals surface area contributed by atoms with Crippen LogP contribution in [0.5, 0.6) is 0 Å². The number of hydrogen-bond donors (Lipinski definition) is 3. The highest BCUT2D eigenvalue weighted by Crippen LogP contribution is 2.23. The van der Waals surface area contributed by atoms with E-state index in [0.29, 0.717) is 11.4 Å². The maximum Gasteiger partial charge on any atom is 0.314 e. The molecule has 0 bridgehead atoms. The van der Waals surface area contributed by atoms with Gasteiger partial charge in [0.25, 0.3) is 0 Å². The van der Waals surface area contributed by atoms with Gasteiger partial charge in [-0.25, -0.2) is 4.98 Å². The summed E-state index contributed by atoms with van der Waals surface area (Å²) in [5, 5.41) is 5.13. The Morgan fingerprint density at radius 1 is 1.09 bits per heavy atom. The van der Waals surface area contributed by atoms with Gasteiger partial charge in [0.2, 0.25) is 0 Å². The van der Waals surface area contributed by atoms with Gasteiger partial charge >= 0.3 is 11.8 Å². The molecule has 1 aromatic heterocycles. The fourth-order valence-electron chi connectivity index (χ4n) is 2.10. The molecule has 116 valence electrons. The maximum absolute atomic E-state index is 12.0. The van der Waals surface area contributed by atoms with E-state index >= 15 is 0 Å². The van der Waals surface area contributed by atoms with Gasteiger partial charge in [0.05, 0.1) is 23.0 Å². The molecule has 0 spiro atoms. The molecule has 3 aromatic rings. The first-order valence-electron chi connectivity index (χ1n) is 6.84. The molecule has 0 saturated heterocycles. The zero-order valence-corrected chi connectivity index (χ0v) is 13.8. The van der Waals surface area contributed by atoms with Gasteiger partial charge in [-0.15, -0.1) is 0 Å². The topological polar surface area (TPSA) is 86.9 Å². The predicted molar refractivity (Wildman–Crippen MR) is 92.2 cm³/mol. The summed E-state index contributed by atoms with van der Waals surface area (Å²) in [5.41, 5.74) is 3.68. The molecule has 3 N–H and O–H groups in total. The van der Waals surface area contributed by atoms with E-state index < -0.39 is 11.8 Å². The summed E-state index contributed by atoms with van der Waals surface area (Å²) in [4.78, 5) is 31.0. The van der Waals surface area contributed by atoms with Crippen LogP contribution in [0.1, 0.15) is 5.56 Å². The van der Waals surface area contributed by atoms with Gasteiger partial charge in [-0.05, 0) is 58.7 Å². The molecule has 2 aromatic carbocycles. The summed E-state index contributed by atoms with van der Waals surface area (Å²) in [6.07, 6.45) is 1.57. The number of H-pyrrole nitrogens is 1. The van der Waals surface area contributed by atoms with Crippen LogP contribution in [0.2, 0.25) is 0 Å². The lowest BCUT2D eigenvalue weighted by Crippen LogP contribution is -2.29. The Labute approximate surface area is 140 Å². The number of fused-ring (bicyclic) bond motifs is 1. The third-order valence-corrected chi connectivity index (χ3v) is 3.91. The quantitative estimate of drug-likeness (QED) is 0.603. The molecule has 3 rings (SSSR count). The van der Waals surface area contributed by atoms with E-state index in [1.807, 2.05) is 19.1 Å². The third kappa shape index (κ3) is 3.40. The molecule has 0 radical (unpaired) electrons. The van der Waals surface area contributed by atoms with Gasteiger partial charge in [-0.2, -0.15) is 0 Å². The number of aromatic amines is 1. The Bertz CT molecular complexity index is 904. The number of benzene rings is 2. The fourth-order valence-corrected chi connectivity index (χ4v) is 2.69. The molecule has 6 nitrogen and oxygen atoms in total. The fraction of sp³-hybridized carbons (Fsp3) is 0.0625. The van der Waals surface area contributed by atoms with Gasteiger partial charge in [-0.3, -0.25) is 9.59 Å². The van der Waals surface area contributed by atoms with Crippen molar-refractivity contribution in [3.8, 4) is 0 Å². The number of aryl methyl sites for hydroxylation is 1. The van der Waals surface area contributed by atoms with E-state index in [2.05, 4.69) is 36.5 Å². The number of hydrogen-bond acceptors (Lipinski definition) is 3. The van der Waals surface area contributed by atoms with E-state index in [9.17, 15) is 9.59 Å². The first-order valence-corrected chi connectivity index (χ1v) is 7.64. The summed E-state index contributed by atoms with van der Waals surface area (Å²) in [6, 6.07) is 10.6. The number of aromatic nitrogens is 2. The molecule has 0 atom stereocenters. The molecule has 0 unspecified atom stereocenters. The van der Waals surface area contributed by atoms with Gasteiger partial charge in [0, 0.05) is 10.2 Å². The second-order valence-corrected chi connectivity index (χ2v) is 5.88. The van der Waals surface area contributed by atoms with Gasteiger partial charge in [0.1, 0.15) is 0 Å². The van der Waals surface area contributed by atoms with Crippen LogP contribution in [0.3, 0.4) is 0 Å². The summed E-state index contributed by atoms with van der Waals surface area (Å²) in [6.45, 7) is 1.94. The van der Waals surface area contributed by atoms with Crippen LogP contribution < -0.4 is 10.6 Å². The van der Waals surface area contributed by atoms with Gasteiger partial charge in [-0.1, -0.05) is 6.07 Å². The highest BCUT2D eigenvalue weighted by molar-refractivity contribution is 9.10. The van der Waals surface area contributed by atoms with E-state index in [4.69, 9.17) is 0 Å². The van der Waals surface area contributed by atoms with Crippen molar-refractivity contribution in [2.24, 2.45) is 0 Å². The minimum absolute atomic E-state index is 0.518. The Hall–Kier alpha value is -2.67. The van der Waals surface area contributed by atoms with Gasteiger partial charge in [0.15, 0.2) is 0 Å². The number of rotatable bonds is 2. The summed E-state index contributed by atoms with van der Waals surface area (Å²) in [5.74, 6) is -1.48. The summed E-state index contributed by atoms with van der Waals surface area (Å²) < 4.78 is 0.720. The highest BCUT2D eigenvalue weighted by atomic mass is 79.9. The Balaban J connectivity index is 1.70. The number of carbonyl (C=O) groups excluding carboxylic acids is 2. The predicted octanol–water partition coefficient (Wildman–Crippen LogP) is 3.21. The third-order valence-electron chi connectivity index (χ3n) is 3.26. The van der Waals surface area contributed by atoms with Crippen molar-refractivity contribution >= 4 is 50.2 Å². The molecule has 0 saturated carbocycles. The Morgan fingerprint density at radius 3 is 2.65 bits per heavy atom. The van der Waals surface area contributed by atoms with Crippen molar-refractivity contribution in [2.75, 3.05) is 10.6 Å². The van der Waals surface area contributed by atoms with Crippen molar-refractivity contribution < 1.29 is 9.59 Å². The van der Waals surface area contributed by atoms with Crippen LogP contribution in [0.25, 0.3) is 11.0 Å². The number of anilines is 2. The Kier molecular flexibility index (Phi) is 4.12. The van der Waals surface area contributed by atoms with Crippen molar-refractivity contribution in [1.82, 2.24) is 9.97 Å². The molecule has 1 heterocycles. The minimum atomic E-state index is -0.739. The molecule has 0 fully saturated rings. The number of nitrogens with one attached hydrogen (secondary N) is 3. The molecule has 0 aliphatic heterocycles. The minimum Gasteiger partial charge on any atom is -0.345 e. The number of carbonyl (C=O) groups is 2. The smallest absolute Gasteiger partial charge is 0.314 e. The number of nitrogens with zero attached hydrogens (tertiary/aromatic N) is 1. The van der Waals surface area contributed by atoms with Crippen molar-refractivity contribution in [3.63, 3.8) is 0 Å². The number of halogens is 1. The maximum atomic E-state index is 12.0. The van der Waals surface area contributed by atoms with E-state index in [-0.39, 0.29) is 0 Å². The van der Waals surface area contributed by atoms with Crippen molar-refractivity contribution in [3.05, 3.63) is 52.8 Å². The standard InChI is InChI=1S/C16H13BrN4O2/c1-9-2-4-12(11(17)6-9)21-16(23)15(22)20-10-3-5-13-14(7-10)19-8-18-13/h2-8H,1H3,(H,18,19)(H,20,22)(H,21,23). The lowest BCUT2D eigenvalue weighted by atomic mass is 10.2. The van der Waals surface area contributed by atoms with E-state index in [1.165, 1.54) is 0 Å². The lowest BCUT2D eigenvalue weighted by molar-refractivity contribution is -0.133. The van der Waals surface area contributed by atoms with Crippen LogP contribution in [0.15, 0.2) is 47.2 Å². The zero-order valence-electron chi connectivity index (χ0n) is 12.2. The van der Waals surface area contributed by atoms with Crippen molar-refractivity contribution in [2.45, 2.75) is 6.92 Å². The number of imidazole rings is 1. The highest BCUT2D eigenvalue weighted by Gasteiger charge is 2.15. The summed E-state index contributed by atoms with van der Waals surface area (Å²) in [7, 11) is 0. The average Bonchev–Trinajstić information content (AvgIpc) is 2.97. The second kappa shape index (κ2) is 6.21. The van der Waals surface area contributed by atoms with Crippen LogP contribution in [0, 0.1) is 6.92 Å². The van der Waals surface area contributed by atoms with Crippen LogP contribution in [0.4, 0.5) is 11.4 Å². The van der Waals surface area contributed by atoms with Crippen LogP contribution in [-0.2, 0) is 9.59 Å². The number of amides is 2. The van der Waals surface area contributed by atoms with Crippen LogP contribution >= 0.6 is 15.9 Å². The first-order chi connectivity index (χ1) is 11.0. The zero-order chi connectivity index (χ0) is 16.4.